The van der Waals surface area contributed by atoms with Gasteiger partial charge in [0.05, 0.1) is 0 Å². The Labute approximate surface area is 120 Å². The summed E-state index contributed by atoms with van der Waals surface area (Å²) < 4.78 is 5.28. The van der Waals surface area contributed by atoms with E-state index in [4.69, 9.17) is 4.74 Å². The smallest absolute Gasteiger partial charge is 0.410 e. The SMILES string of the molecule is CCCC(=O)N(C)C(=O)Oc1cc(C)cc(C(C)C)c1. The van der Waals surface area contributed by atoms with Crippen LogP contribution in [-0.4, -0.2) is 23.9 Å². The summed E-state index contributed by atoms with van der Waals surface area (Å²) in [6.45, 7) is 8.01. The van der Waals surface area contributed by atoms with Crippen LogP contribution in [0.2, 0.25) is 0 Å². The molecule has 0 atom stereocenters. The summed E-state index contributed by atoms with van der Waals surface area (Å²) >= 11 is 0. The molecule has 0 bridgehead atoms. The Kier molecular flexibility index (Phi) is 5.74. The zero-order valence-corrected chi connectivity index (χ0v) is 12.9. The molecule has 4 nitrogen and oxygen atoms in total. The molecule has 0 unspecified atom stereocenters. The highest BCUT2D eigenvalue weighted by Gasteiger charge is 2.18. The molecule has 0 radical (unpaired) electrons. The van der Waals surface area contributed by atoms with Gasteiger partial charge in [-0.1, -0.05) is 26.8 Å². The number of rotatable bonds is 4. The van der Waals surface area contributed by atoms with Crippen molar-refractivity contribution in [1.29, 1.82) is 0 Å². The third-order valence-electron chi connectivity index (χ3n) is 3.06. The van der Waals surface area contributed by atoms with Crippen LogP contribution in [0.15, 0.2) is 18.2 Å². The molecule has 0 fully saturated rings. The number of amides is 2. The normalized spacial score (nSPS) is 10.5. The lowest BCUT2D eigenvalue weighted by Crippen LogP contribution is -2.35. The lowest BCUT2D eigenvalue weighted by Gasteiger charge is -2.16. The highest BCUT2D eigenvalue weighted by molar-refractivity contribution is 5.92. The van der Waals surface area contributed by atoms with Crippen LogP contribution < -0.4 is 4.74 Å². The van der Waals surface area contributed by atoms with Gasteiger partial charge in [0.2, 0.25) is 5.91 Å². The molecule has 20 heavy (non-hydrogen) atoms. The van der Waals surface area contributed by atoms with Crippen molar-refractivity contribution < 1.29 is 14.3 Å². The summed E-state index contributed by atoms with van der Waals surface area (Å²) in [5.74, 6) is 0.607. The van der Waals surface area contributed by atoms with Gasteiger partial charge in [0.1, 0.15) is 5.75 Å². The summed E-state index contributed by atoms with van der Waals surface area (Å²) in [5.41, 5.74) is 2.14. The number of carbonyl (C=O) groups excluding carboxylic acids is 2. The van der Waals surface area contributed by atoms with Crippen molar-refractivity contribution in [3.8, 4) is 5.75 Å². The molecule has 0 spiro atoms. The first kappa shape index (κ1) is 16.2. The van der Waals surface area contributed by atoms with Crippen LogP contribution in [0.5, 0.6) is 5.75 Å². The Morgan fingerprint density at radius 2 is 1.90 bits per heavy atom. The Bertz CT molecular complexity index is 494. The first-order valence-electron chi connectivity index (χ1n) is 6.95. The van der Waals surface area contributed by atoms with Crippen molar-refractivity contribution in [2.45, 2.75) is 46.5 Å². The van der Waals surface area contributed by atoms with E-state index in [0.717, 1.165) is 16.0 Å². The molecular weight excluding hydrogens is 254 g/mol. The second-order valence-electron chi connectivity index (χ2n) is 5.30. The fraction of sp³-hybridized carbons (Fsp3) is 0.500. The van der Waals surface area contributed by atoms with Gasteiger partial charge in [0.25, 0.3) is 0 Å². The van der Waals surface area contributed by atoms with E-state index in [1.807, 2.05) is 19.9 Å². The predicted octanol–water partition coefficient (Wildman–Crippen LogP) is 3.88. The van der Waals surface area contributed by atoms with Crippen LogP contribution in [0.1, 0.15) is 50.7 Å². The zero-order chi connectivity index (χ0) is 15.3. The van der Waals surface area contributed by atoms with E-state index in [-0.39, 0.29) is 5.91 Å². The molecule has 2 amide bonds. The Morgan fingerprint density at radius 1 is 1.25 bits per heavy atom. The van der Waals surface area contributed by atoms with Crippen LogP contribution in [0.4, 0.5) is 4.79 Å². The maximum Gasteiger partial charge on any atom is 0.421 e. The third kappa shape index (κ3) is 4.37. The molecule has 1 aromatic rings. The van der Waals surface area contributed by atoms with E-state index in [1.54, 1.807) is 6.07 Å². The van der Waals surface area contributed by atoms with Gasteiger partial charge in [-0.05, 0) is 42.5 Å². The highest BCUT2D eigenvalue weighted by atomic mass is 16.6. The molecule has 0 aromatic heterocycles. The summed E-state index contributed by atoms with van der Waals surface area (Å²) in [6.07, 6.45) is 0.415. The molecule has 0 aliphatic heterocycles. The van der Waals surface area contributed by atoms with Gasteiger partial charge in [-0.3, -0.25) is 9.69 Å². The molecule has 1 aromatic carbocycles. The topological polar surface area (TPSA) is 46.6 Å². The van der Waals surface area contributed by atoms with E-state index >= 15 is 0 Å². The molecule has 0 aliphatic carbocycles. The van der Waals surface area contributed by atoms with Crippen molar-refractivity contribution in [2.24, 2.45) is 0 Å². The molecule has 0 heterocycles. The van der Waals surface area contributed by atoms with Crippen LogP contribution in [-0.2, 0) is 4.79 Å². The maximum absolute atomic E-state index is 11.9. The Hall–Kier alpha value is -1.84. The fourth-order valence-corrected chi connectivity index (χ4v) is 1.82. The number of imide groups is 1. The quantitative estimate of drug-likeness (QED) is 0.839. The minimum atomic E-state index is -0.635. The molecule has 1 rings (SSSR count). The monoisotopic (exact) mass is 277 g/mol. The standard InChI is InChI=1S/C16H23NO3/c1-6-7-15(18)17(5)16(19)20-14-9-12(4)8-13(10-14)11(2)3/h8-11H,6-7H2,1-5H3. The van der Waals surface area contributed by atoms with E-state index in [9.17, 15) is 9.59 Å². The van der Waals surface area contributed by atoms with Gasteiger partial charge in [-0.15, -0.1) is 0 Å². The molecule has 0 aliphatic rings. The predicted molar refractivity (Wildman–Crippen MR) is 79.0 cm³/mol. The summed E-state index contributed by atoms with van der Waals surface area (Å²) in [4.78, 5) is 24.6. The fourth-order valence-electron chi connectivity index (χ4n) is 1.82. The highest BCUT2D eigenvalue weighted by Crippen LogP contribution is 2.23. The summed E-state index contributed by atoms with van der Waals surface area (Å²) in [7, 11) is 1.44. The molecule has 110 valence electrons. The zero-order valence-electron chi connectivity index (χ0n) is 12.9. The van der Waals surface area contributed by atoms with Crippen molar-refractivity contribution >= 4 is 12.0 Å². The minimum Gasteiger partial charge on any atom is -0.410 e. The average molecular weight is 277 g/mol. The molecule has 0 saturated heterocycles. The van der Waals surface area contributed by atoms with Crippen LogP contribution in [0, 0.1) is 6.92 Å². The number of carbonyl (C=O) groups is 2. The van der Waals surface area contributed by atoms with Crippen LogP contribution >= 0.6 is 0 Å². The van der Waals surface area contributed by atoms with Crippen molar-refractivity contribution in [3.05, 3.63) is 29.3 Å². The van der Waals surface area contributed by atoms with E-state index in [0.29, 0.717) is 24.5 Å². The number of aryl methyl sites for hydroxylation is 1. The molecular formula is C16H23NO3. The van der Waals surface area contributed by atoms with Crippen molar-refractivity contribution in [2.75, 3.05) is 7.05 Å². The number of benzene rings is 1. The first-order valence-corrected chi connectivity index (χ1v) is 6.95. The van der Waals surface area contributed by atoms with Gasteiger partial charge < -0.3 is 4.74 Å². The second-order valence-corrected chi connectivity index (χ2v) is 5.30. The van der Waals surface area contributed by atoms with Gasteiger partial charge in [0.15, 0.2) is 0 Å². The lowest BCUT2D eigenvalue weighted by atomic mass is 10.0. The molecule has 0 saturated carbocycles. The number of nitrogens with zero attached hydrogens (tertiary/aromatic N) is 1. The van der Waals surface area contributed by atoms with E-state index in [2.05, 4.69) is 19.9 Å². The molecule has 4 heteroatoms. The summed E-state index contributed by atoms with van der Waals surface area (Å²) in [6, 6.07) is 5.70. The van der Waals surface area contributed by atoms with Crippen LogP contribution in [0.3, 0.4) is 0 Å². The largest absolute Gasteiger partial charge is 0.421 e. The van der Waals surface area contributed by atoms with Gasteiger partial charge in [-0.25, -0.2) is 4.79 Å². The molecule has 0 N–H and O–H groups in total. The van der Waals surface area contributed by atoms with Gasteiger partial charge >= 0.3 is 6.09 Å². The van der Waals surface area contributed by atoms with Crippen LogP contribution in [0.25, 0.3) is 0 Å². The van der Waals surface area contributed by atoms with Gasteiger partial charge in [0, 0.05) is 13.5 Å². The lowest BCUT2D eigenvalue weighted by molar-refractivity contribution is -0.127. The van der Waals surface area contributed by atoms with Gasteiger partial charge in [-0.2, -0.15) is 0 Å². The summed E-state index contributed by atoms with van der Waals surface area (Å²) in [5, 5.41) is 0. The number of hydrogen-bond acceptors (Lipinski definition) is 3. The number of hydrogen-bond donors (Lipinski definition) is 0. The average Bonchev–Trinajstić information content (AvgIpc) is 2.37. The first-order chi connectivity index (χ1) is 9.35. The maximum atomic E-state index is 11.9. The minimum absolute atomic E-state index is 0.228. The number of ether oxygens (including phenoxy) is 1. The van der Waals surface area contributed by atoms with E-state index < -0.39 is 6.09 Å². The van der Waals surface area contributed by atoms with E-state index in [1.165, 1.54) is 7.05 Å². The third-order valence-corrected chi connectivity index (χ3v) is 3.06. The van der Waals surface area contributed by atoms with Crippen molar-refractivity contribution in [3.63, 3.8) is 0 Å². The van der Waals surface area contributed by atoms with Crippen molar-refractivity contribution in [1.82, 2.24) is 4.90 Å². The Balaban J connectivity index is 2.82. The second kappa shape index (κ2) is 7.08. The Morgan fingerprint density at radius 3 is 2.45 bits per heavy atom.